The first-order valence-electron chi connectivity index (χ1n) is 5.38. The van der Waals surface area contributed by atoms with Crippen LogP contribution in [-0.2, 0) is 23.8 Å². The van der Waals surface area contributed by atoms with Gasteiger partial charge in [-0.3, -0.25) is 9.59 Å². The van der Waals surface area contributed by atoms with Gasteiger partial charge in [-0.15, -0.1) is 0 Å². The van der Waals surface area contributed by atoms with Gasteiger partial charge in [-0.05, 0) is 12.8 Å². The van der Waals surface area contributed by atoms with Gasteiger partial charge in [-0.25, -0.2) is 0 Å². The Kier molecular flexibility index (Phi) is 4.91. The summed E-state index contributed by atoms with van der Waals surface area (Å²) in [6.07, 6.45) is -0.533. The summed E-state index contributed by atoms with van der Waals surface area (Å²) < 4.78 is 15.3. The summed E-state index contributed by atoms with van der Waals surface area (Å²) in [7, 11) is 0. The summed E-state index contributed by atoms with van der Waals surface area (Å²) in [4.78, 5) is 21.6. The molecule has 0 radical (unpaired) electrons. The van der Waals surface area contributed by atoms with E-state index in [0.717, 1.165) is 0 Å². The SMILES string of the molecule is CC(=O)OC[C@H]1O[C@@H](C#N)CC[C@H]1OC(C)=O. The lowest BCUT2D eigenvalue weighted by molar-refractivity contribution is -0.175. The standard InChI is InChI=1S/C11H15NO5/c1-7(13)15-6-11-10(16-8(2)14)4-3-9(5-12)17-11/h9-11H,3-4,6H2,1-2H3/t9-,10-,11-/m1/s1. The minimum atomic E-state index is -0.568. The fraction of sp³-hybridized carbons (Fsp3) is 0.727. The zero-order chi connectivity index (χ0) is 12.8. The predicted molar refractivity (Wildman–Crippen MR) is 55.7 cm³/mol. The van der Waals surface area contributed by atoms with Gasteiger partial charge < -0.3 is 14.2 Å². The van der Waals surface area contributed by atoms with E-state index in [1.807, 2.05) is 6.07 Å². The van der Waals surface area contributed by atoms with Crippen molar-refractivity contribution in [1.82, 2.24) is 0 Å². The number of ether oxygens (including phenoxy) is 3. The highest BCUT2D eigenvalue weighted by atomic mass is 16.6. The number of hydrogen-bond acceptors (Lipinski definition) is 6. The van der Waals surface area contributed by atoms with Crippen LogP contribution in [-0.4, -0.2) is 36.9 Å². The van der Waals surface area contributed by atoms with Gasteiger partial charge in [0.1, 0.15) is 24.9 Å². The van der Waals surface area contributed by atoms with Gasteiger partial charge in [0.25, 0.3) is 0 Å². The van der Waals surface area contributed by atoms with Gasteiger partial charge >= 0.3 is 11.9 Å². The lowest BCUT2D eigenvalue weighted by Gasteiger charge is -2.32. The second-order valence-electron chi connectivity index (χ2n) is 3.82. The van der Waals surface area contributed by atoms with E-state index in [9.17, 15) is 9.59 Å². The molecule has 0 aromatic carbocycles. The normalized spacial score (nSPS) is 27.9. The lowest BCUT2D eigenvalue weighted by atomic mass is 10.0. The van der Waals surface area contributed by atoms with E-state index in [1.165, 1.54) is 13.8 Å². The highest BCUT2D eigenvalue weighted by Crippen LogP contribution is 2.22. The third-order valence-corrected chi connectivity index (χ3v) is 2.38. The highest BCUT2D eigenvalue weighted by molar-refractivity contribution is 5.66. The molecule has 17 heavy (non-hydrogen) atoms. The molecule has 0 amide bonds. The molecule has 6 heteroatoms. The van der Waals surface area contributed by atoms with E-state index >= 15 is 0 Å². The van der Waals surface area contributed by atoms with E-state index in [1.54, 1.807) is 0 Å². The van der Waals surface area contributed by atoms with Crippen molar-refractivity contribution in [2.75, 3.05) is 6.61 Å². The molecule has 0 spiro atoms. The minimum Gasteiger partial charge on any atom is -0.463 e. The number of hydrogen-bond donors (Lipinski definition) is 0. The zero-order valence-electron chi connectivity index (χ0n) is 9.84. The molecular formula is C11H15NO5. The average Bonchev–Trinajstić information content (AvgIpc) is 2.27. The first kappa shape index (κ1) is 13.5. The van der Waals surface area contributed by atoms with Crippen LogP contribution in [0.4, 0.5) is 0 Å². The van der Waals surface area contributed by atoms with Gasteiger partial charge in [0.05, 0.1) is 6.07 Å². The third kappa shape index (κ3) is 4.41. The van der Waals surface area contributed by atoms with Crippen LogP contribution < -0.4 is 0 Å². The molecule has 0 unspecified atom stereocenters. The monoisotopic (exact) mass is 241 g/mol. The lowest BCUT2D eigenvalue weighted by Crippen LogP contribution is -2.43. The summed E-state index contributed by atoms with van der Waals surface area (Å²) in [6.45, 7) is 2.58. The first-order chi connectivity index (χ1) is 8.02. The fourth-order valence-corrected chi connectivity index (χ4v) is 1.66. The number of nitriles is 1. The summed E-state index contributed by atoms with van der Waals surface area (Å²) >= 11 is 0. The maximum Gasteiger partial charge on any atom is 0.302 e. The van der Waals surface area contributed by atoms with Gasteiger partial charge in [-0.2, -0.15) is 5.26 Å². The second kappa shape index (κ2) is 6.21. The fourth-order valence-electron chi connectivity index (χ4n) is 1.66. The van der Waals surface area contributed by atoms with Crippen molar-refractivity contribution in [2.24, 2.45) is 0 Å². The van der Waals surface area contributed by atoms with E-state index in [2.05, 4.69) is 0 Å². The number of nitrogens with zero attached hydrogens (tertiary/aromatic N) is 1. The Balaban J connectivity index is 2.58. The quantitative estimate of drug-likeness (QED) is 0.671. The Morgan fingerprint density at radius 1 is 1.35 bits per heavy atom. The predicted octanol–water partition coefficient (Wildman–Crippen LogP) is 0.552. The zero-order valence-corrected chi connectivity index (χ0v) is 9.84. The molecule has 0 saturated carbocycles. The molecule has 0 aromatic heterocycles. The molecule has 1 saturated heterocycles. The third-order valence-electron chi connectivity index (χ3n) is 2.38. The summed E-state index contributed by atoms with van der Waals surface area (Å²) in [6, 6.07) is 1.99. The summed E-state index contributed by atoms with van der Waals surface area (Å²) in [5.41, 5.74) is 0. The van der Waals surface area contributed by atoms with Crippen LogP contribution in [0.1, 0.15) is 26.7 Å². The number of esters is 2. The van der Waals surface area contributed by atoms with Crippen molar-refractivity contribution < 1.29 is 23.8 Å². The Hall–Kier alpha value is -1.61. The molecule has 1 aliphatic heterocycles. The van der Waals surface area contributed by atoms with Crippen molar-refractivity contribution in [3.63, 3.8) is 0 Å². The van der Waals surface area contributed by atoms with Crippen LogP contribution in [0.5, 0.6) is 0 Å². The smallest absolute Gasteiger partial charge is 0.302 e. The first-order valence-corrected chi connectivity index (χ1v) is 5.38. The van der Waals surface area contributed by atoms with Crippen LogP contribution in [0.15, 0.2) is 0 Å². The molecule has 0 aliphatic carbocycles. The van der Waals surface area contributed by atoms with Crippen LogP contribution >= 0.6 is 0 Å². The van der Waals surface area contributed by atoms with Gasteiger partial charge in [0.2, 0.25) is 0 Å². The van der Waals surface area contributed by atoms with Crippen molar-refractivity contribution in [2.45, 2.75) is 45.0 Å². The van der Waals surface area contributed by atoms with Gasteiger partial charge in [-0.1, -0.05) is 0 Å². The number of carbonyl (C=O) groups is 2. The molecule has 3 atom stereocenters. The maximum absolute atomic E-state index is 10.9. The van der Waals surface area contributed by atoms with Crippen LogP contribution in [0.3, 0.4) is 0 Å². The van der Waals surface area contributed by atoms with E-state index in [-0.39, 0.29) is 6.61 Å². The molecule has 1 rings (SSSR count). The topological polar surface area (TPSA) is 85.6 Å². The highest BCUT2D eigenvalue weighted by Gasteiger charge is 2.34. The molecule has 0 bridgehead atoms. The Bertz CT molecular complexity index is 335. The van der Waals surface area contributed by atoms with E-state index in [4.69, 9.17) is 19.5 Å². The van der Waals surface area contributed by atoms with Crippen molar-refractivity contribution in [3.05, 3.63) is 0 Å². The molecule has 0 N–H and O–H groups in total. The van der Waals surface area contributed by atoms with Crippen LogP contribution in [0, 0.1) is 11.3 Å². The Labute approximate surface area is 99.4 Å². The number of rotatable bonds is 3. The Morgan fingerprint density at radius 3 is 2.59 bits per heavy atom. The molecule has 0 aromatic rings. The molecule has 6 nitrogen and oxygen atoms in total. The van der Waals surface area contributed by atoms with Crippen molar-refractivity contribution in [1.29, 1.82) is 5.26 Å². The molecule has 1 fully saturated rings. The van der Waals surface area contributed by atoms with Crippen molar-refractivity contribution in [3.8, 4) is 6.07 Å². The summed E-state index contributed by atoms with van der Waals surface area (Å²) in [5.74, 6) is -0.851. The van der Waals surface area contributed by atoms with Crippen LogP contribution in [0.2, 0.25) is 0 Å². The van der Waals surface area contributed by atoms with Gasteiger partial charge in [0.15, 0.2) is 0 Å². The minimum absolute atomic E-state index is 0.00847. The van der Waals surface area contributed by atoms with Gasteiger partial charge in [0, 0.05) is 13.8 Å². The van der Waals surface area contributed by atoms with Crippen LogP contribution in [0.25, 0.3) is 0 Å². The molecule has 1 aliphatic rings. The average molecular weight is 241 g/mol. The number of carbonyl (C=O) groups excluding carboxylic acids is 2. The van der Waals surface area contributed by atoms with E-state index < -0.39 is 30.3 Å². The maximum atomic E-state index is 10.9. The van der Waals surface area contributed by atoms with E-state index in [0.29, 0.717) is 12.8 Å². The molecular weight excluding hydrogens is 226 g/mol. The molecule has 1 heterocycles. The molecule has 94 valence electrons. The summed E-state index contributed by atoms with van der Waals surface area (Å²) in [5, 5.41) is 8.76. The largest absolute Gasteiger partial charge is 0.463 e. The van der Waals surface area contributed by atoms with Crippen molar-refractivity contribution >= 4 is 11.9 Å². The Morgan fingerprint density at radius 2 is 2.06 bits per heavy atom. The second-order valence-corrected chi connectivity index (χ2v) is 3.82.